The van der Waals surface area contributed by atoms with Gasteiger partial charge >= 0.3 is 0 Å². The Balaban J connectivity index is 1.43. The zero-order chi connectivity index (χ0) is 22.7. The van der Waals surface area contributed by atoms with Crippen molar-refractivity contribution in [3.8, 4) is 0 Å². The fourth-order valence-electron chi connectivity index (χ4n) is 3.89. The van der Waals surface area contributed by atoms with E-state index < -0.39 is 0 Å². The smallest absolute Gasteiger partial charge is 0.272 e. The average Bonchev–Trinajstić information content (AvgIpc) is 3.54. The molecule has 3 aromatic rings. The number of carbonyl (C=O) groups excluding carboxylic acids is 1. The third kappa shape index (κ3) is 4.85. The third-order valence-corrected chi connectivity index (χ3v) is 6.61. The quantitative estimate of drug-likeness (QED) is 0.380. The molecule has 1 aromatic carbocycles. The number of thiazole rings is 1. The van der Waals surface area contributed by atoms with Gasteiger partial charge in [-0.15, -0.1) is 21.5 Å². The van der Waals surface area contributed by atoms with Crippen molar-refractivity contribution >= 4 is 23.0 Å². The minimum Gasteiger partial charge on any atom is -0.419 e. The van der Waals surface area contributed by atoms with Crippen LogP contribution in [0.15, 0.2) is 57.4 Å². The Morgan fingerprint density at radius 2 is 2.12 bits per heavy atom. The molecular weight excluding hydrogens is 422 g/mol. The monoisotopic (exact) mass is 449 g/mol. The van der Waals surface area contributed by atoms with Crippen LogP contribution in [0.2, 0.25) is 0 Å². The zero-order valence-electron chi connectivity index (χ0n) is 18.6. The highest BCUT2D eigenvalue weighted by Crippen LogP contribution is 2.34. The van der Waals surface area contributed by atoms with E-state index in [0.717, 1.165) is 30.0 Å². The zero-order valence-corrected chi connectivity index (χ0v) is 19.4. The Labute approximate surface area is 191 Å². The molecule has 1 saturated heterocycles. The first-order chi connectivity index (χ1) is 15.4. The Morgan fingerprint density at radius 3 is 2.84 bits per heavy atom. The molecule has 0 radical (unpaired) electrons. The summed E-state index contributed by atoms with van der Waals surface area (Å²) in [5.74, 6) is 0.747. The van der Waals surface area contributed by atoms with Crippen molar-refractivity contribution in [2.45, 2.75) is 52.0 Å². The van der Waals surface area contributed by atoms with Crippen LogP contribution in [0.25, 0.3) is 0 Å². The molecule has 1 fully saturated rings. The van der Waals surface area contributed by atoms with E-state index in [1.807, 2.05) is 42.3 Å². The summed E-state index contributed by atoms with van der Waals surface area (Å²) >= 11 is 1.59. The molecule has 0 N–H and O–H groups in total. The molecule has 1 amide bonds. The number of amides is 1. The molecule has 32 heavy (non-hydrogen) atoms. The number of aliphatic imine (C=N–C) groups is 1. The second kappa shape index (κ2) is 9.56. The molecule has 1 aliphatic heterocycles. The van der Waals surface area contributed by atoms with Crippen molar-refractivity contribution in [3.63, 3.8) is 0 Å². The Morgan fingerprint density at radius 1 is 1.34 bits per heavy atom. The Bertz CT molecular complexity index is 1130. The van der Waals surface area contributed by atoms with Crippen molar-refractivity contribution in [2.75, 3.05) is 6.54 Å². The Kier molecular flexibility index (Phi) is 6.60. The van der Waals surface area contributed by atoms with E-state index in [4.69, 9.17) is 4.42 Å². The third-order valence-electron chi connectivity index (χ3n) is 5.54. The van der Waals surface area contributed by atoms with Crippen molar-refractivity contribution < 1.29 is 9.21 Å². The number of aryl methyl sites for hydroxylation is 1. The normalized spacial score (nSPS) is 17.5. The van der Waals surface area contributed by atoms with E-state index in [2.05, 4.69) is 38.9 Å². The lowest BCUT2D eigenvalue weighted by Gasteiger charge is -2.23. The molecular formula is C24H27N5O2S. The van der Waals surface area contributed by atoms with Crippen molar-refractivity contribution in [1.82, 2.24) is 20.1 Å². The van der Waals surface area contributed by atoms with E-state index >= 15 is 0 Å². The number of hydrogen-bond donors (Lipinski definition) is 0. The van der Waals surface area contributed by atoms with Crippen LogP contribution in [0.4, 0.5) is 0 Å². The lowest BCUT2D eigenvalue weighted by atomic mass is 10.0. The molecule has 0 spiro atoms. The van der Waals surface area contributed by atoms with Crippen LogP contribution in [0.3, 0.4) is 0 Å². The molecule has 0 aliphatic carbocycles. The minimum atomic E-state index is -0.183. The number of hydrogen-bond acceptors (Lipinski definition) is 7. The van der Waals surface area contributed by atoms with Gasteiger partial charge in [-0.2, -0.15) is 0 Å². The highest BCUT2D eigenvalue weighted by molar-refractivity contribution is 7.09. The van der Waals surface area contributed by atoms with Gasteiger partial charge in [0.1, 0.15) is 16.4 Å². The highest BCUT2D eigenvalue weighted by atomic mass is 32.1. The van der Waals surface area contributed by atoms with Crippen LogP contribution < -0.4 is 0 Å². The molecule has 2 atom stereocenters. The van der Waals surface area contributed by atoms with Crippen molar-refractivity contribution in [1.29, 1.82) is 0 Å². The van der Waals surface area contributed by atoms with Gasteiger partial charge in [0.15, 0.2) is 0 Å². The van der Waals surface area contributed by atoms with Crippen LogP contribution in [0.1, 0.15) is 66.7 Å². The Hall–Kier alpha value is -3.13. The van der Waals surface area contributed by atoms with Gasteiger partial charge in [-0.05, 0) is 38.7 Å². The fraction of sp³-hybridized carbons (Fsp3) is 0.375. The first kappa shape index (κ1) is 22.1. The van der Waals surface area contributed by atoms with Crippen LogP contribution in [-0.2, 0) is 11.2 Å². The minimum absolute atomic E-state index is 0.0118. The summed E-state index contributed by atoms with van der Waals surface area (Å²) in [5, 5.41) is 11.3. The van der Waals surface area contributed by atoms with Gasteiger partial charge in [0.25, 0.3) is 11.8 Å². The van der Waals surface area contributed by atoms with Gasteiger partial charge in [-0.25, -0.2) is 9.98 Å². The van der Waals surface area contributed by atoms with E-state index in [1.165, 1.54) is 5.56 Å². The lowest BCUT2D eigenvalue weighted by Crippen LogP contribution is -2.31. The van der Waals surface area contributed by atoms with E-state index in [-0.39, 0.29) is 23.6 Å². The summed E-state index contributed by atoms with van der Waals surface area (Å²) in [6.07, 6.45) is 2.65. The summed E-state index contributed by atoms with van der Waals surface area (Å²) < 4.78 is 5.85. The lowest BCUT2D eigenvalue weighted by molar-refractivity contribution is -0.128. The predicted octanol–water partition coefficient (Wildman–Crippen LogP) is 4.87. The number of benzene rings is 1. The van der Waals surface area contributed by atoms with Crippen LogP contribution in [0, 0.1) is 6.92 Å². The molecule has 1 aliphatic rings. The first-order valence-corrected chi connectivity index (χ1v) is 11.6. The molecule has 3 heterocycles. The topological polar surface area (TPSA) is 84.5 Å². The summed E-state index contributed by atoms with van der Waals surface area (Å²) in [6.45, 7) is 10.4. The van der Waals surface area contributed by atoms with Gasteiger partial charge < -0.3 is 9.32 Å². The van der Waals surface area contributed by atoms with E-state index in [9.17, 15) is 4.79 Å². The van der Waals surface area contributed by atoms with Crippen LogP contribution in [-0.4, -0.2) is 38.2 Å². The molecule has 0 unspecified atom stereocenters. The number of nitrogens with zero attached hydrogens (tertiary/aromatic N) is 5. The first-order valence-electron chi connectivity index (χ1n) is 10.8. The molecule has 0 saturated carbocycles. The summed E-state index contributed by atoms with van der Waals surface area (Å²) in [7, 11) is 0. The SMILES string of the molecule is C=C(N=C(C)c1nnc([C@@H](C)Cc2ccccc2)o1)C(=O)N1CCC[C@@H]1c1nc(C)cs1. The number of carbonyl (C=O) groups is 1. The van der Waals surface area contributed by atoms with Gasteiger partial charge in [-0.1, -0.05) is 43.8 Å². The van der Waals surface area contributed by atoms with Gasteiger partial charge in [0.2, 0.25) is 5.89 Å². The second-order valence-corrected chi connectivity index (χ2v) is 9.05. The predicted molar refractivity (Wildman–Crippen MR) is 125 cm³/mol. The summed E-state index contributed by atoms with van der Waals surface area (Å²) in [5.41, 5.74) is 2.83. The van der Waals surface area contributed by atoms with Crippen molar-refractivity contribution in [2.24, 2.45) is 4.99 Å². The van der Waals surface area contributed by atoms with Crippen LogP contribution in [0.5, 0.6) is 0 Å². The molecule has 7 nitrogen and oxygen atoms in total. The maximum atomic E-state index is 13.0. The van der Waals surface area contributed by atoms with E-state index in [1.54, 1.807) is 18.3 Å². The fourth-order valence-corrected chi connectivity index (χ4v) is 4.83. The second-order valence-electron chi connectivity index (χ2n) is 8.16. The largest absolute Gasteiger partial charge is 0.419 e. The molecule has 166 valence electrons. The summed E-state index contributed by atoms with van der Waals surface area (Å²) in [4.78, 5) is 23.8. The van der Waals surface area contributed by atoms with Gasteiger partial charge in [0.05, 0.1) is 6.04 Å². The average molecular weight is 450 g/mol. The molecule has 4 rings (SSSR count). The van der Waals surface area contributed by atoms with Crippen molar-refractivity contribution in [3.05, 3.63) is 76.0 Å². The number of aromatic nitrogens is 3. The van der Waals surface area contributed by atoms with Gasteiger partial charge in [-0.3, -0.25) is 4.79 Å². The van der Waals surface area contributed by atoms with Crippen LogP contribution >= 0.6 is 11.3 Å². The number of rotatable bonds is 7. The molecule has 2 aromatic heterocycles. The van der Waals surface area contributed by atoms with E-state index in [0.29, 0.717) is 24.0 Å². The molecule has 0 bridgehead atoms. The number of likely N-dealkylation sites (tertiary alicyclic amines) is 1. The molecule has 8 heteroatoms. The maximum Gasteiger partial charge on any atom is 0.272 e. The maximum absolute atomic E-state index is 13.0. The standard InChI is InChI=1S/C24H27N5O2S/c1-15(13-19-9-6-5-7-10-19)21-27-28-22(31-21)17(3)26-18(4)24(30)29-12-8-11-20(29)23-25-16(2)14-32-23/h5-7,9-10,14-15,20H,4,8,11-13H2,1-3H3/t15-,20+/m0/s1. The highest BCUT2D eigenvalue weighted by Gasteiger charge is 2.33. The summed E-state index contributed by atoms with van der Waals surface area (Å²) in [6, 6.07) is 10.2. The van der Waals surface area contributed by atoms with Gasteiger partial charge in [0, 0.05) is 23.5 Å².